The highest BCUT2D eigenvalue weighted by atomic mass is 16.5. The van der Waals surface area contributed by atoms with Crippen LogP contribution in [-0.4, -0.2) is 23.3 Å². The fourth-order valence-electron chi connectivity index (χ4n) is 1.75. The second-order valence-corrected chi connectivity index (χ2v) is 4.23. The van der Waals surface area contributed by atoms with Crippen LogP contribution < -0.4 is 0 Å². The monoisotopic (exact) mass is 270 g/mol. The van der Waals surface area contributed by atoms with Crippen molar-refractivity contribution < 1.29 is 19.7 Å². The number of esters is 1. The molecular formula is C16H14O4. The summed E-state index contributed by atoms with van der Waals surface area (Å²) in [6.45, 7) is 0. The molecule has 0 atom stereocenters. The largest absolute Gasteiger partial charge is 0.508 e. The molecule has 0 saturated heterocycles. The number of carbonyl (C=O) groups excluding carboxylic acids is 1. The van der Waals surface area contributed by atoms with Gasteiger partial charge in [-0.05, 0) is 35.4 Å². The van der Waals surface area contributed by atoms with Gasteiger partial charge in [0.05, 0.1) is 12.7 Å². The number of methoxy groups -OCH3 is 1. The lowest BCUT2D eigenvalue weighted by Gasteiger charge is -2.00. The Hall–Kier alpha value is -2.75. The lowest BCUT2D eigenvalue weighted by molar-refractivity contribution is 0.0600. The number of aromatic hydroxyl groups is 2. The highest BCUT2D eigenvalue weighted by Gasteiger charge is 2.03. The smallest absolute Gasteiger partial charge is 0.337 e. The molecular weight excluding hydrogens is 256 g/mol. The molecule has 4 nitrogen and oxygen atoms in total. The minimum absolute atomic E-state index is 0.00527. The summed E-state index contributed by atoms with van der Waals surface area (Å²) in [5.41, 5.74) is 2.06. The molecule has 0 spiro atoms. The predicted molar refractivity (Wildman–Crippen MR) is 76.5 cm³/mol. The Labute approximate surface area is 116 Å². The summed E-state index contributed by atoms with van der Waals surface area (Å²) in [5, 5.41) is 18.7. The van der Waals surface area contributed by atoms with Crippen molar-refractivity contribution in [1.29, 1.82) is 0 Å². The van der Waals surface area contributed by atoms with Crippen LogP contribution in [0.25, 0.3) is 12.2 Å². The number of benzene rings is 2. The Morgan fingerprint density at radius 3 is 2.05 bits per heavy atom. The molecule has 0 radical (unpaired) electrons. The van der Waals surface area contributed by atoms with Gasteiger partial charge in [-0.15, -0.1) is 0 Å². The van der Waals surface area contributed by atoms with E-state index in [9.17, 15) is 15.0 Å². The molecule has 0 aliphatic heterocycles. The first kappa shape index (κ1) is 13.7. The summed E-state index contributed by atoms with van der Waals surface area (Å²) in [5.74, 6) is -0.366. The lowest BCUT2D eigenvalue weighted by atomic mass is 10.1. The van der Waals surface area contributed by atoms with Crippen LogP contribution in [0, 0.1) is 0 Å². The molecule has 0 aliphatic rings. The molecule has 0 unspecified atom stereocenters. The van der Waals surface area contributed by atoms with Crippen LogP contribution >= 0.6 is 0 Å². The number of phenols is 2. The van der Waals surface area contributed by atoms with E-state index in [4.69, 9.17) is 0 Å². The Bertz CT molecular complexity index is 622. The van der Waals surface area contributed by atoms with Crippen LogP contribution in [0.4, 0.5) is 0 Å². The van der Waals surface area contributed by atoms with E-state index in [0.717, 1.165) is 5.56 Å². The molecule has 0 saturated carbocycles. The highest BCUT2D eigenvalue weighted by molar-refractivity contribution is 5.89. The van der Waals surface area contributed by atoms with E-state index in [-0.39, 0.29) is 17.5 Å². The first-order valence-corrected chi connectivity index (χ1v) is 5.98. The molecule has 2 aromatic carbocycles. The van der Waals surface area contributed by atoms with Crippen LogP contribution in [0.15, 0.2) is 42.5 Å². The fourth-order valence-corrected chi connectivity index (χ4v) is 1.75. The molecule has 2 N–H and O–H groups in total. The second kappa shape index (κ2) is 5.93. The molecule has 2 aromatic rings. The zero-order valence-electron chi connectivity index (χ0n) is 10.9. The molecule has 0 heterocycles. The van der Waals surface area contributed by atoms with Gasteiger partial charge in [-0.1, -0.05) is 24.3 Å². The molecule has 0 bridgehead atoms. The van der Waals surface area contributed by atoms with E-state index >= 15 is 0 Å². The summed E-state index contributed by atoms with van der Waals surface area (Å²) in [6, 6.07) is 11.3. The average Bonchev–Trinajstić information content (AvgIpc) is 2.44. The zero-order chi connectivity index (χ0) is 14.5. The first-order valence-electron chi connectivity index (χ1n) is 5.98. The Morgan fingerprint density at radius 2 is 1.50 bits per heavy atom. The summed E-state index contributed by atoms with van der Waals surface area (Å²) >= 11 is 0. The molecule has 2 rings (SSSR count). The van der Waals surface area contributed by atoms with E-state index < -0.39 is 0 Å². The maximum Gasteiger partial charge on any atom is 0.337 e. The second-order valence-electron chi connectivity index (χ2n) is 4.23. The van der Waals surface area contributed by atoms with Crippen molar-refractivity contribution in [3.8, 4) is 11.5 Å². The fraction of sp³-hybridized carbons (Fsp3) is 0.0625. The minimum atomic E-state index is -0.376. The summed E-state index contributed by atoms with van der Waals surface area (Å²) in [6.07, 6.45) is 3.57. The predicted octanol–water partition coefficient (Wildman–Crippen LogP) is 3.05. The van der Waals surface area contributed by atoms with Crippen LogP contribution in [0.3, 0.4) is 0 Å². The third-order valence-electron chi connectivity index (χ3n) is 2.72. The van der Waals surface area contributed by atoms with Gasteiger partial charge in [0, 0.05) is 6.07 Å². The number of carbonyl (C=O) groups is 1. The Kier molecular flexibility index (Phi) is 4.05. The van der Waals surface area contributed by atoms with E-state index in [1.165, 1.54) is 13.2 Å². The van der Waals surface area contributed by atoms with Gasteiger partial charge in [0.25, 0.3) is 0 Å². The minimum Gasteiger partial charge on any atom is -0.508 e. The van der Waals surface area contributed by atoms with Crippen molar-refractivity contribution in [3.05, 3.63) is 59.2 Å². The van der Waals surface area contributed by atoms with Gasteiger partial charge in [-0.25, -0.2) is 4.79 Å². The van der Waals surface area contributed by atoms with E-state index in [1.54, 1.807) is 42.5 Å². The van der Waals surface area contributed by atoms with Crippen molar-refractivity contribution in [3.63, 3.8) is 0 Å². The average molecular weight is 270 g/mol. The Morgan fingerprint density at radius 1 is 0.950 bits per heavy atom. The van der Waals surface area contributed by atoms with Gasteiger partial charge < -0.3 is 14.9 Å². The van der Waals surface area contributed by atoms with Crippen molar-refractivity contribution in [2.75, 3.05) is 7.11 Å². The highest BCUT2D eigenvalue weighted by Crippen LogP contribution is 2.22. The van der Waals surface area contributed by atoms with Crippen LogP contribution in [0.2, 0.25) is 0 Å². The van der Waals surface area contributed by atoms with Gasteiger partial charge >= 0.3 is 5.97 Å². The van der Waals surface area contributed by atoms with Crippen LogP contribution in [-0.2, 0) is 4.74 Å². The first-order chi connectivity index (χ1) is 9.58. The van der Waals surface area contributed by atoms with Gasteiger partial charge in [0.15, 0.2) is 0 Å². The van der Waals surface area contributed by atoms with Crippen molar-refractivity contribution in [2.45, 2.75) is 0 Å². The van der Waals surface area contributed by atoms with Crippen LogP contribution in [0.5, 0.6) is 11.5 Å². The number of phenolic OH excluding ortho intramolecular Hbond substituents is 2. The third kappa shape index (κ3) is 3.38. The molecule has 102 valence electrons. The maximum atomic E-state index is 11.3. The number of ether oxygens (including phenoxy) is 1. The van der Waals surface area contributed by atoms with Gasteiger partial charge in [0.1, 0.15) is 11.5 Å². The van der Waals surface area contributed by atoms with Crippen molar-refractivity contribution in [1.82, 2.24) is 0 Å². The number of hydrogen-bond donors (Lipinski definition) is 2. The molecule has 0 aliphatic carbocycles. The van der Waals surface area contributed by atoms with E-state index in [0.29, 0.717) is 11.1 Å². The third-order valence-corrected chi connectivity index (χ3v) is 2.72. The molecule has 20 heavy (non-hydrogen) atoms. The van der Waals surface area contributed by atoms with Gasteiger partial charge in [-0.2, -0.15) is 0 Å². The molecule has 4 heteroatoms. The molecule has 0 amide bonds. The van der Waals surface area contributed by atoms with E-state index in [2.05, 4.69) is 4.74 Å². The summed E-state index contributed by atoms with van der Waals surface area (Å²) in [7, 11) is 1.34. The SMILES string of the molecule is COC(=O)c1ccc(/C=C/c2cc(O)cc(O)c2)cc1. The summed E-state index contributed by atoms with van der Waals surface area (Å²) in [4.78, 5) is 11.3. The maximum absolute atomic E-state index is 11.3. The zero-order valence-corrected chi connectivity index (χ0v) is 10.9. The molecule has 0 fully saturated rings. The number of hydrogen-bond acceptors (Lipinski definition) is 4. The quantitative estimate of drug-likeness (QED) is 0.664. The number of rotatable bonds is 3. The topological polar surface area (TPSA) is 66.8 Å². The molecule has 0 aromatic heterocycles. The normalized spacial score (nSPS) is 10.7. The van der Waals surface area contributed by atoms with Crippen molar-refractivity contribution >= 4 is 18.1 Å². The Balaban J connectivity index is 2.17. The lowest BCUT2D eigenvalue weighted by Crippen LogP contribution is -2.00. The van der Waals surface area contributed by atoms with Crippen molar-refractivity contribution in [2.24, 2.45) is 0 Å². The van der Waals surface area contributed by atoms with E-state index in [1.807, 2.05) is 6.08 Å². The van der Waals surface area contributed by atoms with Gasteiger partial charge in [-0.3, -0.25) is 0 Å². The standard InChI is InChI=1S/C16H14O4/c1-20-16(19)13-6-4-11(5-7-13)2-3-12-8-14(17)10-15(18)9-12/h2-10,17-18H,1H3/b3-2+. The van der Waals surface area contributed by atoms with Gasteiger partial charge in [0.2, 0.25) is 0 Å². The summed E-state index contributed by atoms with van der Waals surface area (Å²) < 4.78 is 4.62. The van der Waals surface area contributed by atoms with Crippen LogP contribution in [0.1, 0.15) is 21.5 Å².